The molecule has 9 N–H and O–H groups in total. The van der Waals surface area contributed by atoms with E-state index in [2.05, 4.69) is 5.10 Å². The Morgan fingerprint density at radius 1 is 1.17 bits per heavy atom. The van der Waals surface area contributed by atoms with Gasteiger partial charge < -0.3 is 46.1 Å². The number of phenols is 2. The number of carbonyl (C=O) groups excluding carboxylic acids is 3. The number of carbonyl (C=O) groups is 3. The zero-order valence-corrected chi connectivity index (χ0v) is 23.1. The number of methoxy groups -OCH3 is 1. The number of benzene rings is 2. The van der Waals surface area contributed by atoms with E-state index in [9.17, 15) is 34.8 Å². The van der Waals surface area contributed by atoms with Crippen LogP contribution in [0.5, 0.6) is 17.2 Å². The number of rotatable bonds is 5. The first kappa shape index (κ1) is 29.4. The van der Waals surface area contributed by atoms with Gasteiger partial charge in [0.25, 0.3) is 0 Å². The number of aliphatic hydroxyl groups is 2. The minimum Gasteiger partial charge on any atom is -0.507 e. The van der Waals surface area contributed by atoms with Crippen molar-refractivity contribution >= 4 is 23.3 Å². The molecular formula is C28H32N4O10. The van der Waals surface area contributed by atoms with E-state index in [-0.39, 0.29) is 53.0 Å². The van der Waals surface area contributed by atoms with Gasteiger partial charge in [0.15, 0.2) is 12.1 Å². The maximum atomic E-state index is 13.8. The number of hydrogen-bond donors (Lipinski definition) is 7. The first-order chi connectivity index (χ1) is 19.8. The second-order valence-electron chi connectivity index (χ2n) is 10.8. The van der Waals surface area contributed by atoms with Crippen LogP contribution in [0.2, 0.25) is 0 Å². The standard InChI is InChI=1S/C28H32N4O10/c1-10-22(33)14(29)7-17(41-10)42-16-9-28(39,11(2)31-32-27(30)38)8-13-19(16)26(37)21-20(24(13)35)23(34)12-5-4-6-15(40-3)18(12)25(21)36/h4-6,10,14,16-17,22,33,35,37,39H,7-9,29H2,1-3H3,(H3,30,32,38)/b31-11-/t10-,14-,16-,17+,22+,28+/m1/s1. The Labute approximate surface area is 239 Å². The number of ketones is 2. The number of aromatic hydroxyl groups is 2. The summed E-state index contributed by atoms with van der Waals surface area (Å²) >= 11 is 0. The molecule has 2 aromatic rings. The zero-order valence-electron chi connectivity index (χ0n) is 23.1. The first-order valence-electron chi connectivity index (χ1n) is 13.2. The van der Waals surface area contributed by atoms with Crippen molar-refractivity contribution in [2.75, 3.05) is 7.11 Å². The number of nitrogens with zero attached hydrogens (tertiary/aromatic N) is 1. The summed E-state index contributed by atoms with van der Waals surface area (Å²) in [6.45, 7) is 3.02. The second-order valence-corrected chi connectivity index (χ2v) is 10.8. The van der Waals surface area contributed by atoms with Crippen LogP contribution in [0.4, 0.5) is 4.79 Å². The Morgan fingerprint density at radius 3 is 2.50 bits per heavy atom. The summed E-state index contributed by atoms with van der Waals surface area (Å²) in [7, 11) is 1.33. The minimum absolute atomic E-state index is 0.0142. The number of hydrazone groups is 1. The first-order valence-corrected chi connectivity index (χ1v) is 13.2. The van der Waals surface area contributed by atoms with Crippen LogP contribution in [0.3, 0.4) is 0 Å². The fraction of sp³-hybridized carbons (Fsp3) is 0.429. The van der Waals surface area contributed by atoms with Crippen molar-refractivity contribution in [1.29, 1.82) is 0 Å². The van der Waals surface area contributed by atoms with Gasteiger partial charge >= 0.3 is 6.03 Å². The number of amides is 2. The van der Waals surface area contributed by atoms with Crippen molar-refractivity contribution in [3.63, 3.8) is 0 Å². The van der Waals surface area contributed by atoms with E-state index in [1.54, 1.807) is 6.92 Å². The van der Waals surface area contributed by atoms with Crippen LogP contribution in [0.1, 0.15) is 75.8 Å². The van der Waals surface area contributed by atoms with E-state index in [0.717, 1.165) is 0 Å². The van der Waals surface area contributed by atoms with Gasteiger partial charge in [0.1, 0.15) is 22.8 Å². The number of aliphatic hydroxyl groups excluding tert-OH is 1. The van der Waals surface area contributed by atoms with E-state index in [0.29, 0.717) is 0 Å². The molecule has 0 aromatic heterocycles. The third-order valence-electron chi connectivity index (χ3n) is 8.15. The van der Waals surface area contributed by atoms with Gasteiger partial charge in [0.05, 0.1) is 47.8 Å². The Kier molecular flexibility index (Phi) is 7.45. The number of hydrogen-bond acceptors (Lipinski definition) is 12. The molecule has 6 atom stereocenters. The Morgan fingerprint density at radius 2 is 1.86 bits per heavy atom. The lowest BCUT2D eigenvalue weighted by Gasteiger charge is -2.42. The highest BCUT2D eigenvalue weighted by atomic mass is 16.7. The number of fused-ring (bicyclic) bond motifs is 3. The van der Waals surface area contributed by atoms with Gasteiger partial charge in [-0.05, 0) is 19.9 Å². The largest absolute Gasteiger partial charge is 0.507 e. The SMILES string of the molecule is COc1cccc2c1C(=O)c1c(O)c3c(c(O)c1C2=O)C[C@@](O)(/C(C)=N\NC(N)=O)C[C@H]3O[C@H]1C[C@@H](N)[C@@H](O)[C@@H](C)O1. The molecule has 1 heterocycles. The van der Waals surface area contributed by atoms with Gasteiger partial charge in [0.2, 0.25) is 5.78 Å². The number of urea groups is 1. The highest BCUT2D eigenvalue weighted by Gasteiger charge is 2.49. The van der Waals surface area contributed by atoms with Crippen molar-refractivity contribution in [2.24, 2.45) is 16.6 Å². The predicted octanol–water partition coefficient (Wildman–Crippen LogP) is 0.484. The Hall–Kier alpha value is -4.08. The molecular weight excluding hydrogens is 552 g/mol. The number of nitrogens with one attached hydrogen (secondary N) is 1. The van der Waals surface area contributed by atoms with E-state index in [1.165, 1.54) is 32.2 Å². The third-order valence-corrected chi connectivity index (χ3v) is 8.15. The molecule has 14 nitrogen and oxygen atoms in total. The number of primary amides is 1. The highest BCUT2D eigenvalue weighted by Crippen LogP contribution is 2.52. The average molecular weight is 585 g/mol. The van der Waals surface area contributed by atoms with Crippen LogP contribution >= 0.6 is 0 Å². The van der Waals surface area contributed by atoms with Crippen molar-refractivity contribution in [1.82, 2.24) is 5.43 Å². The summed E-state index contributed by atoms with van der Waals surface area (Å²) in [5, 5.41) is 48.9. The summed E-state index contributed by atoms with van der Waals surface area (Å²) in [6, 6.07) is 2.73. The molecule has 224 valence electrons. The molecule has 14 heteroatoms. The lowest BCUT2D eigenvalue weighted by molar-refractivity contribution is -0.245. The van der Waals surface area contributed by atoms with Gasteiger partial charge in [-0.15, -0.1) is 0 Å². The molecule has 0 bridgehead atoms. The monoisotopic (exact) mass is 584 g/mol. The molecule has 1 fully saturated rings. The second kappa shape index (κ2) is 10.6. The van der Waals surface area contributed by atoms with Crippen LogP contribution in [-0.4, -0.2) is 81.0 Å². The number of nitrogens with two attached hydrogens (primary N) is 2. The molecule has 42 heavy (non-hydrogen) atoms. The predicted molar refractivity (Wildman–Crippen MR) is 145 cm³/mol. The molecule has 2 amide bonds. The van der Waals surface area contributed by atoms with Crippen molar-refractivity contribution in [2.45, 2.75) is 69.4 Å². The van der Waals surface area contributed by atoms with Crippen LogP contribution in [0.25, 0.3) is 0 Å². The maximum absolute atomic E-state index is 13.8. The molecule has 0 spiro atoms. The summed E-state index contributed by atoms with van der Waals surface area (Å²) < 4.78 is 17.3. The summed E-state index contributed by atoms with van der Waals surface area (Å²) in [6.07, 6.45) is -4.54. The quantitative estimate of drug-likeness (QED) is 0.124. The number of ether oxygens (including phenoxy) is 3. The minimum atomic E-state index is -1.89. The fourth-order valence-electron chi connectivity index (χ4n) is 5.91. The normalized spacial score (nSPS) is 28.9. The summed E-state index contributed by atoms with van der Waals surface area (Å²) in [5.74, 6) is -2.61. The van der Waals surface area contributed by atoms with E-state index >= 15 is 0 Å². The summed E-state index contributed by atoms with van der Waals surface area (Å²) in [5.41, 5.74) is 10.3. The smallest absolute Gasteiger partial charge is 0.332 e. The van der Waals surface area contributed by atoms with Gasteiger partial charge in [-0.25, -0.2) is 10.2 Å². The van der Waals surface area contributed by atoms with Crippen LogP contribution < -0.4 is 21.6 Å². The average Bonchev–Trinajstić information content (AvgIpc) is 2.94. The third kappa shape index (κ3) is 4.66. The number of phenolic OH excluding ortho intramolecular Hbond substituents is 2. The molecule has 1 saturated heterocycles. The van der Waals surface area contributed by atoms with Gasteiger partial charge in [-0.3, -0.25) is 9.59 Å². The van der Waals surface area contributed by atoms with E-state index in [1.807, 2.05) is 5.43 Å². The molecule has 0 radical (unpaired) electrons. The van der Waals surface area contributed by atoms with Gasteiger partial charge in [-0.2, -0.15) is 5.10 Å². The Bertz CT molecular complexity index is 1510. The van der Waals surface area contributed by atoms with Crippen LogP contribution in [-0.2, 0) is 15.9 Å². The van der Waals surface area contributed by atoms with Crippen LogP contribution in [0.15, 0.2) is 23.3 Å². The topological polar surface area (TPSA) is 236 Å². The maximum Gasteiger partial charge on any atom is 0.332 e. The van der Waals surface area contributed by atoms with E-state index < -0.39 is 76.5 Å². The van der Waals surface area contributed by atoms with Gasteiger partial charge in [0, 0.05) is 42.0 Å². The van der Waals surface area contributed by atoms with Crippen molar-refractivity contribution in [3.05, 3.63) is 51.6 Å². The molecule has 2 aromatic carbocycles. The Balaban J connectivity index is 1.68. The lowest BCUT2D eigenvalue weighted by Crippen LogP contribution is -2.52. The van der Waals surface area contributed by atoms with Crippen molar-refractivity contribution in [3.8, 4) is 17.2 Å². The molecule has 2 aliphatic carbocycles. The molecule has 0 unspecified atom stereocenters. The van der Waals surface area contributed by atoms with E-state index in [4.69, 9.17) is 25.7 Å². The molecule has 3 aliphatic rings. The van der Waals surface area contributed by atoms with Gasteiger partial charge in [-0.1, -0.05) is 12.1 Å². The zero-order chi connectivity index (χ0) is 30.7. The van der Waals surface area contributed by atoms with Crippen LogP contribution in [0, 0.1) is 0 Å². The summed E-state index contributed by atoms with van der Waals surface area (Å²) in [4.78, 5) is 38.7. The molecule has 0 saturated carbocycles. The molecule has 5 rings (SSSR count). The lowest BCUT2D eigenvalue weighted by atomic mass is 9.72. The molecule has 1 aliphatic heterocycles. The highest BCUT2D eigenvalue weighted by molar-refractivity contribution is 6.31. The van der Waals surface area contributed by atoms with Crippen molar-refractivity contribution < 1.29 is 49.0 Å². The fourth-order valence-corrected chi connectivity index (χ4v) is 5.91.